The quantitative estimate of drug-likeness (QED) is 0.163. The van der Waals surface area contributed by atoms with Crippen LogP contribution >= 0.6 is 23.1 Å². The fourth-order valence-electron chi connectivity index (χ4n) is 10.1. The summed E-state index contributed by atoms with van der Waals surface area (Å²) >= 11 is 3.80. The summed E-state index contributed by atoms with van der Waals surface area (Å²) in [5.41, 5.74) is 16.9. The number of fused-ring (bicyclic) bond motifs is 14. The Labute approximate surface area is 345 Å². The van der Waals surface area contributed by atoms with E-state index in [2.05, 4.69) is 188 Å². The van der Waals surface area contributed by atoms with Crippen LogP contribution in [0.15, 0.2) is 172 Å². The van der Waals surface area contributed by atoms with Crippen LogP contribution in [0.2, 0.25) is 0 Å². The Morgan fingerprint density at radius 3 is 2.21 bits per heavy atom. The Hall–Kier alpha value is -6.21. The van der Waals surface area contributed by atoms with E-state index in [1.807, 2.05) is 23.1 Å². The van der Waals surface area contributed by atoms with Gasteiger partial charge in [0, 0.05) is 57.9 Å². The highest BCUT2D eigenvalue weighted by atomic mass is 32.2. The van der Waals surface area contributed by atoms with Crippen molar-refractivity contribution in [1.82, 2.24) is 0 Å². The first-order valence-electron chi connectivity index (χ1n) is 20.0. The van der Waals surface area contributed by atoms with Crippen LogP contribution in [0.3, 0.4) is 0 Å². The van der Waals surface area contributed by atoms with Crippen molar-refractivity contribution < 1.29 is 4.42 Å². The zero-order valence-corrected chi connectivity index (χ0v) is 33.8. The summed E-state index contributed by atoms with van der Waals surface area (Å²) in [7, 11) is 0. The summed E-state index contributed by atoms with van der Waals surface area (Å²) < 4.78 is 9.35. The number of anilines is 5. The molecule has 13 rings (SSSR count). The first-order valence-corrected chi connectivity index (χ1v) is 21.7. The maximum atomic E-state index is 6.74. The molecule has 10 aromatic rings. The Morgan fingerprint density at radius 1 is 0.552 bits per heavy atom. The van der Waals surface area contributed by atoms with Gasteiger partial charge in [0.2, 0.25) is 0 Å². The Balaban J connectivity index is 1.26. The molecule has 0 saturated carbocycles. The third-order valence-corrected chi connectivity index (χ3v) is 14.8. The van der Waals surface area contributed by atoms with E-state index in [0.29, 0.717) is 0 Å². The summed E-state index contributed by atoms with van der Waals surface area (Å²) in [4.78, 5) is 7.87. The van der Waals surface area contributed by atoms with Gasteiger partial charge in [0.05, 0.1) is 22.4 Å². The highest BCUT2D eigenvalue weighted by Crippen LogP contribution is 2.59. The molecule has 3 aliphatic rings. The van der Waals surface area contributed by atoms with Gasteiger partial charge in [-0.1, -0.05) is 136 Å². The van der Waals surface area contributed by atoms with Crippen molar-refractivity contribution in [2.24, 2.45) is 0 Å². The number of hydrogen-bond donors (Lipinski definition) is 0. The minimum atomic E-state index is -0.0953. The predicted molar refractivity (Wildman–Crippen MR) is 249 cm³/mol. The van der Waals surface area contributed by atoms with Crippen molar-refractivity contribution in [3.63, 3.8) is 0 Å². The van der Waals surface area contributed by atoms with Crippen molar-refractivity contribution in [1.29, 1.82) is 0 Å². The van der Waals surface area contributed by atoms with Gasteiger partial charge >= 0.3 is 6.85 Å². The fourth-order valence-corrected chi connectivity index (χ4v) is 12.3. The van der Waals surface area contributed by atoms with Gasteiger partial charge in [-0.25, -0.2) is 0 Å². The van der Waals surface area contributed by atoms with E-state index in [1.54, 1.807) is 0 Å². The van der Waals surface area contributed by atoms with E-state index >= 15 is 0 Å². The highest BCUT2D eigenvalue weighted by Gasteiger charge is 2.49. The van der Waals surface area contributed by atoms with E-state index in [4.69, 9.17) is 4.42 Å². The molecule has 0 saturated heterocycles. The molecule has 2 aromatic heterocycles. The molecular weight excluding hydrogens is 744 g/mol. The van der Waals surface area contributed by atoms with Crippen molar-refractivity contribution in [2.45, 2.75) is 36.0 Å². The van der Waals surface area contributed by atoms with E-state index in [0.717, 1.165) is 27.6 Å². The summed E-state index contributed by atoms with van der Waals surface area (Å²) in [5, 5.41) is 4.95. The van der Waals surface area contributed by atoms with Crippen LogP contribution in [0.5, 0.6) is 0 Å². The molecule has 0 amide bonds. The normalized spacial score (nSPS) is 13.9. The number of rotatable bonds is 2. The van der Waals surface area contributed by atoms with Gasteiger partial charge in [-0.05, 0) is 87.6 Å². The lowest BCUT2D eigenvalue weighted by Gasteiger charge is -2.48. The minimum Gasteiger partial charge on any atom is -0.456 e. The van der Waals surface area contributed by atoms with E-state index in [-0.39, 0.29) is 12.3 Å². The summed E-state index contributed by atoms with van der Waals surface area (Å²) in [6, 6.07) is 58.7. The number of nitrogens with zero attached hydrogens (tertiary/aromatic N) is 2. The molecule has 3 nitrogen and oxygen atoms in total. The molecule has 0 N–H and O–H groups in total. The van der Waals surface area contributed by atoms with Gasteiger partial charge in [-0.3, -0.25) is 0 Å². The second-order valence-electron chi connectivity index (χ2n) is 16.8. The zero-order chi connectivity index (χ0) is 38.4. The molecule has 8 aromatic carbocycles. The number of benzene rings is 8. The largest absolute Gasteiger partial charge is 0.456 e. The topological polar surface area (TPSA) is 19.6 Å². The van der Waals surface area contributed by atoms with Crippen molar-refractivity contribution in [3.05, 3.63) is 163 Å². The molecule has 3 aliphatic heterocycles. The molecule has 0 spiro atoms. The Bertz CT molecular complexity index is 3390. The van der Waals surface area contributed by atoms with Crippen molar-refractivity contribution in [3.8, 4) is 22.3 Å². The van der Waals surface area contributed by atoms with Crippen LogP contribution in [0.1, 0.15) is 26.3 Å². The lowest BCUT2D eigenvalue weighted by Crippen LogP contribution is -2.62. The Kier molecular flexibility index (Phi) is 6.62. The average Bonchev–Trinajstić information content (AvgIpc) is 3.82. The van der Waals surface area contributed by atoms with Crippen LogP contribution in [0.4, 0.5) is 28.4 Å². The van der Waals surface area contributed by atoms with Gasteiger partial charge < -0.3 is 14.1 Å². The van der Waals surface area contributed by atoms with Crippen molar-refractivity contribution in [2.75, 3.05) is 9.71 Å². The molecule has 274 valence electrons. The average molecular weight is 779 g/mol. The van der Waals surface area contributed by atoms with Crippen LogP contribution in [-0.2, 0) is 5.41 Å². The fraction of sp³-hybridized carbons (Fsp3) is 0.0769. The van der Waals surface area contributed by atoms with Crippen molar-refractivity contribution >= 4 is 111 Å². The lowest BCUT2D eigenvalue weighted by atomic mass is 9.43. The number of hydrogen-bond acceptors (Lipinski definition) is 5. The maximum absolute atomic E-state index is 6.74. The van der Waals surface area contributed by atoms with Crippen LogP contribution < -0.4 is 20.6 Å². The molecule has 0 radical (unpaired) electrons. The van der Waals surface area contributed by atoms with Gasteiger partial charge in [0.25, 0.3) is 0 Å². The van der Waals surface area contributed by atoms with Crippen LogP contribution in [0.25, 0.3) is 64.4 Å². The smallest absolute Gasteiger partial charge is 0.333 e. The summed E-state index contributed by atoms with van der Waals surface area (Å²) in [5.74, 6) is 0. The van der Waals surface area contributed by atoms with Gasteiger partial charge in [-0.15, -0.1) is 11.3 Å². The van der Waals surface area contributed by atoms with Gasteiger partial charge in [0.1, 0.15) is 11.2 Å². The molecule has 0 fully saturated rings. The molecule has 0 aliphatic carbocycles. The molecule has 0 bridgehead atoms. The van der Waals surface area contributed by atoms with Crippen LogP contribution in [0, 0.1) is 0 Å². The third kappa shape index (κ3) is 4.37. The highest BCUT2D eigenvalue weighted by molar-refractivity contribution is 7.99. The van der Waals surface area contributed by atoms with Crippen LogP contribution in [-0.4, -0.2) is 6.85 Å². The molecule has 0 atom stereocenters. The number of thiophene rings is 1. The van der Waals surface area contributed by atoms with E-state index < -0.39 is 0 Å². The molecular formula is C52H35BN2OS2. The van der Waals surface area contributed by atoms with E-state index in [9.17, 15) is 0 Å². The number of furan rings is 1. The van der Waals surface area contributed by atoms with Gasteiger partial charge in [-0.2, -0.15) is 0 Å². The standard InChI is InChI=1S/C52H35BN2OS2/c1-52(2,3)31-24-26-37(35(28-31)30-14-5-4-6-15-30)54-39-29-45-47(33-17-8-11-21-42(33)57-45)48-34-18-13-23-44-50(34)55(38-19-9-12-22-43(38)58-44)53(49(39)48)36-25-27-41-46(51(36)54)32-16-7-10-20-40(32)56-41/h4-29H,1-3H3. The summed E-state index contributed by atoms with van der Waals surface area (Å²) in [6.07, 6.45) is 0. The lowest BCUT2D eigenvalue weighted by molar-refractivity contribution is 0.590. The molecule has 58 heavy (non-hydrogen) atoms. The predicted octanol–water partition coefficient (Wildman–Crippen LogP) is 14.1. The maximum Gasteiger partial charge on any atom is 0.333 e. The zero-order valence-electron chi connectivity index (χ0n) is 32.2. The third-order valence-electron chi connectivity index (χ3n) is 12.6. The SMILES string of the molecule is CC(C)(C)c1ccc(N2c3cc4sc5ccccc5c4c4c3B(c3ccc5oc6ccccc6c5c32)N2c3ccccc3Sc3cccc-4c32)c(-c2ccccc2)c1. The Morgan fingerprint density at radius 2 is 1.33 bits per heavy atom. The molecule has 5 heterocycles. The second-order valence-corrected chi connectivity index (χ2v) is 19.0. The first kappa shape index (κ1) is 32.8. The molecule has 6 heteroatoms. The minimum absolute atomic E-state index is 0.0305. The first-order chi connectivity index (χ1) is 28.4. The molecule has 0 unspecified atom stereocenters. The summed E-state index contributed by atoms with van der Waals surface area (Å²) in [6.45, 7) is 6.84. The number of para-hydroxylation sites is 3. The monoisotopic (exact) mass is 778 g/mol. The van der Waals surface area contributed by atoms with E-state index in [1.165, 1.54) is 91.5 Å². The second kappa shape index (κ2) is 11.7. The van der Waals surface area contributed by atoms with Gasteiger partial charge in [0.15, 0.2) is 0 Å².